The SMILES string of the molecule is CC(C)(C)C(O)CC(O)C(C)(C)C.[La]. The van der Waals surface area contributed by atoms with Crippen LogP contribution in [-0.2, 0) is 0 Å². The van der Waals surface area contributed by atoms with Crippen LogP contribution in [0.15, 0.2) is 0 Å². The molecular weight excluding hydrogens is 303 g/mol. The Hall–Kier alpha value is 1.11. The van der Waals surface area contributed by atoms with E-state index < -0.39 is 12.2 Å². The molecule has 0 aliphatic carbocycles. The van der Waals surface area contributed by atoms with Crippen LogP contribution in [0.5, 0.6) is 0 Å². The Bertz CT molecular complexity index is 138. The monoisotopic (exact) mass is 327 g/mol. The molecule has 0 saturated carbocycles. The first-order valence-corrected chi connectivity index (χ1v) is 4.91. The van der Waals surface area contributed by atoms with Crippen molar-refractivity contribution in [3.8, 4) is 0 Å². The van der Waals surface area contributed by atoms with Gasteiger partial charge in [-0.05, 0) is 10.8 Å². The minimum absolute atomic E-state index is 0. The normalized spacial score (nSPS) is 17.1. The van der Waals surface area contributed by atoms with Gasteiger partial charge in [0.25, 0.3) is 0 Å². The quantitative estimate of drug-likeness (QED) is 0.816. The second-order valence-electron chi connectivity index (χ2n) is 6.00. The zero-order chi connectivity index (χ0) is 10.9. The largest absolute Gasteiger partial charge is 0.392 e. The Morgan fingerprint density at radius 3 is 1.14 bits per heavy atom. The predicted octanol–water partition coefficient (Wildman–Crippen LogP) is 2.19. The van der Waals surface area contributed by atoms with E-state index in [2.05, 4.69) is 0 Å². The summed E-state index contributed by atoms with van der Waals surface area (Å²) in [5, 5.41) is 19.5. The molecule has 14 heavy (non-hydrogen) atoms. The van der Waals surface area contributed by atoms with Crippen LogP contribution >= 0.6 is 0 Å². The topological polar surface area (TPSA) is 40.5 Å². The Balaban J connectivity index is 0. The average Bonchev–Trinajstić information content (AvgIpc) is 1.82. The molecule has 2 nitrogen and oxygen atoms in total. The molecule has 0 amide bonds. The summed E-state index contributed by atoms with van der Waals surface area (Å²) in [6, 6.07) is 0. The van der Waals surface area contributed by atoms with Crippen molar-refractivity contribution in [1.82, 2.24) is 0 Å². The van der Waals surface area contributed by atoms with Gasteiger partial charge in [0.05, 0.1) is 12.2 Å². The third kappa shape index (κ3) is 6.57. The van der Waals surface area contributed by atoms with Crippen molar-refractivity contribution >= 4 is 0 Å². The molecule has 1 radical (unpaired) electrons. The van der Waals surface area contributed by atoms with Gasteiger partial charge in [-0.3, -0.25) is 0 Å². The Labute approximate surface area is 116 Å². The van der Waals surface area contributed by atoms with Gasteiger partial charge in [-0.25, -0.2) is 0 Å². The summed E-state index contributed by atoms with van der Waals surface area (Å²) in [5.41, 5.74) is -0.293. The molecule has 0 aromatic rings. The molecule has 0 fully saturated rings. The fourth-order valence-corrected chi connectivity index (χ4v) is 0.919. The number of hydrogen-bond acceptors (Lipinski definition) is 2. The fourth-order valence-electron chi connectivity index (χ4n) is 0.919. The summed E-state index contributed by atoms with van der Waals surface area (Å²) in [4.78, 5) is 0. The van der Waals surface area contributed by atoms with E-state index in [4.69, 9.17) is 0 Å². The van der Waals surface area contributed by atoms with Crippen LogP contribution < -0.4 is 0 Å². The second-order valence-corrected chi connectivity index (χ2v) is 6.00. The van der Waals surface area contributed by atoms with Gasteiger partial charge in [0.15, 0.2) is 0 Å². The summed E-state index contributed by atoms with van der Waals surface area (Å²) in [7, 11) is 0. The molecule has 0 aliphatic heterocycles. The van der Waals surface area contributed by atoms with Gasteiger partial charge in [-0.2, -0.15) is 0 Å². The first-order chi connectivity index (χ1) is 5.55. The Morgan fingerprint density at radius 2 is 1.00 bits per heavy atom. The number of aliphatic hydroxyl groups is 2. The van der Waals surface area contributed by atoms with Crippen LogP contribution in [0.3, 0.4) is 0 Å². The molecule has 0 aromatic carbocycles. The zero-order valence-electron chi connectivity index (χ0n) is 10.3. The van der Waals surface area contributed by atoms with Crippen molar-refractivity contribution < 1.29 is 45.8 Å². The van der Waals surface area contributed by atoms with Crippen LogP contribution in [0.4, 0.5) is 0 Å². The van der Waals surface area contributed by atoms with E-state index in [-0.39, 0.29) is 46.4 Å². The Kier molecular flexibility index (Phi) is 7.50. The standard InChI is InChI=1S/C11H24O2.La/c1-10(2,3)8(12)7-9(13)11(4,5)6;/h8-9,12-13H,7H2,1-6H3;. The first-order valence-electron chi connectivity index (χ1n) is 4.91. The zero-order valence-corrected chi connectivity index (χ0v) is 14.0. The van der Waals surface area contributed by atoms with E-state index in [1.54, 1.807) is 0 Å². The molecule has 2 unspecified atom stereocenters. The summed E-state index contributed by atoms with van der Waals surface area (Å²) in [6.45, 7) is 11.9. The van der Waals surface area contributed by atoms with E-state index in [1.807, 2.05) is 41.5 Å². The summed E-state index contributed by atoms with van der Waals surface area (Å²) in [5.74, 6) is 0. The van der Waals surface area contributed by atoms with Crippen molar-refractivity contribution in [2.24, 2.45) is 10.8 Å². The van der Waals surface area contributed by atoms with E-state index in [9.17, 15) is 10.2 Å². The molecule has 2 atom stereocenters. The summed E-state index contributed by atoms with van der Waals surface area (Å²) < 4.78 is 0. The minimum Gasteiger partial charge on any atom is -0.392 e. The fraction of sp³-hybridized carbons (Fsp3) is 1.00. The molecule has 0 spiro atoms. The van der Waals surface area contributed by atoms with Crippen LogP contribution in [0.2, 0.25) is 0 Å². The minimum atomic E-state index is -0.443. The van der Waals surface area contributed by atoms with Crippen LogP contribution in [0.1, 0.15) is 48.0 Å². The molecule has 83 valence electrons. The van der Waals surface area contributed by atoms with E-state index in [0.29, 0.717) is 6.42 Å². The number of rotatable bonds is 2. The van der Waals surface area contributed by atoms with Crippen molar-refractivity contribution in [2.45, 2.75) is 60.2 Å². The van der Waals surface area contributed by atoms with Gasteiger partial charge < -0.3 is 10.2 Å². The molecule has 0 rings (SSSR count). The van der Waals surface area contributed by atoms with Crippen molar-refractivity contribution in [3.63, 3.8) is 0 Å². The summed E-state index contributed by atoms with van der Waals surface area (Å²) in [6.07, 6.45) is -0.434. The van der Waals surface area contributed by atoms with Crippen molar-refractivity contribution in [3.05, 3.63) is 0 Å². The number of hydrogen-bond donors (Lipinski definition) is 2. The van der Waals surface area contributed by atoms with Crippen LogP contribution in [-0.4, -0.2) is 22.4 Å². The molecule has 0 saturated heterocycles. The average molecular weight is 327 g/mol. The maximum atomic E-state index is 9.76. The van der Waals surface area contributed by atoms with Gasteiger partial charge in [-0.1, -0.05) is 41.5 Å². The maximum Gasteiger partial charge on any atom is 0.0613 e. The third-order valence-electron chi connectivity index (χ3n) is 2.45. The van der Waals surface area contributed by atoms with Crippen molar-refractivity contribution in [2.75, 3.05) is 0 Å². The maximum absolute atomic E-state index is 9.76. The van der Waals surface area contributed by atoms with Gasteiger partial charge in [0.1, 0.15) is 0 Å². The molecular formula is C11H24LaO2. The molecule has 0 aromatic heterocycles. The smallest absolute Gasteiger partial charge is 0.0613 e. The van der Waals surface area contributed by atoms with Gasteiger partial charge in [0, 0.05) is 42.0 Å². The van der Waals surface area contributed by atoms with Gasteiger partial charge in [0.2, 0.25) is 0 Å². The van der Waals surface area contributed by atoms with Crippen LogP contribution in [0.25, 0.3) is 0 Å². The molecule has 2 N–H and O–H groups in total. The molecule has 0 aliphatic rings. The predicted molar refractivity (Wildman–Crippen MR) is 55.5 cm³/mol. The van der Waals surface area contributed by atoms with Crippen LogP contribution in [0, 0.1) is 46.4 Å². The Morgan fingerprint density at radius 1 is 0.786 bits per heavy atom. The molecule has 3 heteroatoms. The van der Waals surface area contributed by atoms with E-state index >= 15 is 0 Å². The van der Waals surface area contributed by atoms with Gasteiger partial charge in [-0.15, -0.1) is 0 Å². The molecule has 0 bridgehead atoms. The second kappa shape index (κ2) is 6.00. The third-order valence-corrected chi connectivity index (χ3v) is 2.45. The molecule has 0 heterocycles. The number of aliphatic hydroxyl groups excluding tert-OH is 2. The van der Waals surface area contributed by atoms with E-state index in [0.717, 1.165) is 0 Å². The van der Waals surface area contributed by atoms with E-state index in [1.165, 1.54) is 0 Å². The first kappa shape index (κ1) is 17.5. The van der Waals surface area contributed by atoms with Gasteiger partial charge >= 0.3 is 0 Å². The van der Waals surface area contributed by atoms with Crippen molar-refractivity contribution in [1.29, 1.82) is 0 Å². The summed E-state index contributed by atoms with van der Waals surface area (Å²) >= 11 is 0.